The predicted molar refractivity (Wildman–Crippen MR) is 170 cm³/mol. The SMILES string of the molecule is C[C@@H](CC1(c2nnn[nH]2)c2ccc(C(=O)N3CCC3)cc2CCc2cc(C(=O)N3CCC3)ccc21)NCC(=O)N1C(C#N)C[C@@H]2C[C@@H]21. The predicted octanol–water partition coefficient (Wildman–Crippen LogP) is 2.21. The number of benzene rings is 2. The van der Waals surface area contributed by atoms with E-state index in [1.54, 1.807) is 4.90 Å². The Hall–Kier alpha value is -4.63. The molecule has 4 atom stereocenters. The summed E-state index contributed by atoms with van der Waals surface area (Å²) in [7, 11) is 0. The summed E-state index contributed by atoms with van der Waals surface area (Å²) < 4.78 is 0. The molecule has 8 rings (SSSR count). The van der Waals surface area contributed by atoms with Gasteiger partial charge in [0.05, 0.1) is 18.0 Å². The third kappa shape index (κ3) is 4.99. The van der Waals surface area contributed by atoms with Crippen molar-refractivity contribution < 1.29 is 14.4 Å². The Bertz CT molecular complexity index is 1700. The first-order chi connectivity index (χ1) is 22.9. The fourth-order valence-corrected chi connectivity index (χ4v) is 8.24. The average Bonchev–Trinajstić information content (AvgIpc) is 3.40. The van der Waals surface area contributed by atoms with Crippen LogP contribution in [0, 0.1) is 17.2 Å². The summed E-state index contributed by atoms with van der Waals surface area (Å²) in [5.41, 5.74) is 4.55. The van der Waals surface area contributed by atoms with Crippen LogP contribution in [0.2, 0.25) is 0 Å². The lowest BCUT2D eigenvalue weighted by Crippen LogP contribution is -2.46. The molecule has 12 nitrogen and oxygen atoms in total. The third-order valence-corrected chi connectivity index (χ3v) is 11.1. The van der Waals surface area contributed by atoms with Crippen molar-refractivity contribution >= 4 is 17.7 Å². The van der Waals surface area contributed by atoms with Crippen LogP contribution in [-0.4, -0.2) is 104 Å². The molecule has 2 aromatic carbocycles. The number of H-pyrrole nitrogens is 1. The molecule has 4 heterocycles. The van der Waals surface area contributed by atoms with Crippen LogP contribution < -0.4 is 5.32 Å². The molecule has 5 aliphatic rings. The number of fused-ring (bicyclic) bond motifs is 3. The average molecular weight is 634 g/mol. The Labute approximate surface area is 273 Å². The van der Waals surface area contributed by atoms with Gasteiger partial charge in [-0.2, -0.15) is 5.26 Å². The van der Waals surface area contributed by atoms with Crippen LogP contribution in [0.3, 0.4) is 0 Å². The number of likely N-dealkylation sites (tertiary alicyclic amines) is 3. The maximum atomic E-state index is 13.4. The maximum Gasteiger partial charge on any atom is 0.253 e. The number of aryl methyl sites for hydroxylation is 2. The first kappa shape index (κ1) is 29.8. The molecule has 0 radical (unpaired) electrons. The number of nitriles is 1. The molecule has 1 aromatic heterocycles. The molecule has 242 valence electrons. The molecule has 2 N–H and O–H groups in total. The van der Waals surface area contributed by atoms with Crippen molar-refractivity contribution in [3.8, 4) is 6.07 Å². The molecule has 3 saturated heterocycles. The Kier molecular flexibility index (Phi) is 7.32. The van der Waals surface area contributed by atoms with E-state index < -0.39 is 5.41 Å². The van der Waals surface area contributed by atoms with Crippen LogP contribution in [0.1, 0.15) is 87.8 Å². The monoisotopic (exact) mass is 633 g/mol. The van der Waals surface area contributed by atoms with E-state index in [-0.39, 0.29) is 42.4 Å². The second-order valence-corrected chi connectivity index (χ2v) is 13.9. The first-order valence-corrected chi connectivity index (χ1v) is 16.9. The lowest BCUT2D eigenvalue weighted by molar-refractivity contribution is -0.131. The van der Waals surface area contributed by atoms with E-state index in [0.717, 1.165) is 74.1 Å². The minimum atomic E-state index is -0.860. The Morgan fingerprint density at radius 2 is 1.60 bits per heavy atom. The Morgan fingerprint density at radius 3 is 2.11 bits per heavy atom. The van der Waals surface area contributed by atoms with E-state index in [1.165, 1.54) is 0 Å². The second kappa shape index (κ2) is 11.6. The Morgan fingerprint density at radius 1 is 0.979 bits per heavy atom. The van der Waals surface area contributed by atoms with E-state index in [2.05, 4.69) is 38.9 Å². The topological polar surface area (TPSA) is 151 Å². The molecule has 12 heteroatoms. The van der Waals surface area contributed by atoms with Crippen LogP contribution in [-0.2, 0) is 23.1 Å². The van der Waals surface area contributed by atoms with Gasteiger partial charge in [0.15, 0.2) is 5.82 Å². The highest BCUT2D eigenvalue weighted by Gasteiger charge is 2.54. The van der Waals surface area contributed by atoms with E-state index in [0.29, 0.717) is 42.1 Å². The molecule has 1 saturated carbocycles. The highest BCUT2D eigenvalue weighted by atomic mass is 16.2. The first-order valence-electron chi connectivity index (χ1n) is 16.9. The fourth-order valence-electron chi connectivity index (χ4n) is 8.24. The second-order valence-electron chi connectivity index (χ2n) is 13.9. The summed E-state index contributed by atoms with van der Waals surface area (Å²) in [6.45, 7) is 5.28. The van der Waals surface area contributed by atoms with E-state index >= 15 is 0 Å². The lowest BCUT2D eigenvalue weighted by Gasteiger charge is -2.37. The summed E-state index contributed by atoms with van der Waals surface area (Å²) in [5.74, 6) is 1.06. The van der Waals surface area contributed by atoms with Gasteiger partial charge in [-0.25, -0.2) is 5.10 Å². The molecule has 0 spiro atoms. The minimum absolute atomic E-state index is 0.0409. The minimum Gasteiger partial charge on any atom is -0.339 e. The summed E-state index contributed by atoms with van der Waals surface area (Å²) in [6, 6.07) is 13.9. The molecule has 4 fully saturated rings. The van der Waals surface area contributed by atoms with Crippen LogP contribution in [0.15, 0.2) is 36.4 Å². The number of carbonyl (C=O) groups excluding carboxylic acids is 3. The van der Waals surface area contributed by atoms with Gasteiger partial charge < -0.3 is 20.0 Å². The number of nitrogens with one attached hydrogen (secondary N) is 2. The number of aromatic amines is 1. The quantitative estimate of drug-likeness (QED) is 0.383. The molecule has 47 heavy (non-hydrogen) atoms. The molecule has 1 unspecified atom stereocenters. The maximum absolute atomic E-state index is 13.4. The third-order valence-electron chi connectivity index (χ3n) is 11.1. The Balaban J connectivity index is 1.17. The molecule has 2 aliphatic carbocycles. The zero-order valence-corrected chi connectivity index (χ0v) is 26.6. The van der Waals surface area contributed by atoms with E-state index in [9.17, 15) is 19.6 Å². The number of rotatable bonds is 8. The number of hydrogen-bond acceptors (Lipinski definition) is 8. The van der Waals surface area contributed by atoms with Gasteiger partial charge in [0, 0.05) is 49.4 Å². The van der Waals surface area contributed by atoms with Gasteiger partial charge in [-0.05, 0) is 115 Å². The van der Waals surface area contributed by atoms with Crippen molar-refractivity contribution in [2.24, 2.45) is 5.92 Å². The van der Waals surface area contributed by atoms with Crippen molar-refractivity contribution in [2.45, 2.75) is 75.4 Å². The molecular formula is C35H39N9O3. The van der Waals surface area contributed by atoms with Crippen LogP contribution in [0.25, 0.3) is 0 Å². The van der Waals surface area contributed by atoms with Gasteiger partial charge in [0.2, 0.25) is 5.91 Å². The molecule has 3 amide bonds. The lowest BCUT2D eigenvalue weighted by atomic mass is 9.67. The van der Waals surface area contributed by atoms with E-state index in [4.69, 9.17) is 0 Å². The van der Waals surface area contributed by atoms with Crippen molar-refractivity contribution in [2.75, 3.05) is 32.7 Å². The number of carbonyl (C=O) groups is 3. The van der Waals surface area contributed by atoms with Gasteiger partial charge in [-0.1, -0.05) is 12.1 Å². The van der Waals surface area contributed by atoms with Crippen molar-refractivity contribution in [3.63, 3.8) is 0 Å². The van der Waals surface area contributed by atoms with Gasteiger partial charge >= 0.3 is 0 Å². The number of nitrogens with zero attached hydrogens (tertiary/aromatic N) is 7. The van der Waals surface area contributed by atoms with Crippen molar-refractivity contribution in [1.29, 1.82) is 5.26 Å². The highest BCUT2D eigenvalue weighted by Crippen LogP contribution is 2.48. The highest BCUT2D eigenvalue weighted by molar-refractivity contribution is 5.96. The molecule has 0 bridgehead atoms. The summed E-state index contributed by atoms with van der Waals surface area (Å²) in [4.78, 5) is 45.5. The summed E-state index contributed by atoms with van der Waals surface area (Å²) in [6.07, 6.45) is 5.67. The smallest absolute Gasteiger partial charge is 0.253 e. The van der Waals surface area contributed by atoms with Crippen LogP contribution >= 0.6 is 0 Å². The van der Waals surface area contributed by atoms with Gasteiger partial charge in [-0.15, -0.1) is 5.10 Å². The fraction of sp³-hybridized carbons (Fsp3) is 0.514. The normalized spacial score (nSPS) is 24.1. The zero-order chi connectivity index (χ0) is 32.3. The van der Waals surface area contributed by atoms with Crippen LogP contribution in [0.4, 0.5) is 0 Å². The van der Waals surface area contributed by atoms with Crippen LogP contribution in [0.5, 0.6) is 0 Å². The number of amides is 3. The molecule has 3 aliphatic heterocycles. The molecule has 3 aromatic rings. The number of tetrazole rings is 1. The zero-order valence-electron chi connectivity index (χ0n) is 26.6. The van der Waals surface area contributed by atoms with Crippen molar-refractivity contribution in [1.82, 2.24) is 40.6 Å². The summed E-state index contributed by atoms with van der Waals surface area (Å²) >= 11 is 0. The number of piperidine rings is 1. The molecular weight excluding hydrogens is 594 g/mol. The number of aromatic nitrogens is 4. The largest absolute Gasteiger partial charge is 0.339 e. The van der Waals surface area contributed by atoms with Gasteiger partial charge in [-0.3, -0.25) is 14.4 Å². The van der Waals surface area contributed by atoms with E-state index in [1.807, 2.05) is 46.2 Å². The van der Waals surface area contributed by atoms with Gasteiger partial charge in [0.25, 0.3) is 11.8 Å². The standard InChI is InChI=1S/C35H39N9O3/c1-21(37-20-31(45)44-27(19-36)16-26-17-30(26)44)18-35(34-38-40-41-39-34)28-8-6-24(32(46)42-10-2-11-42)14-22(28)4-5-23-15-25(7-9-29(23)35)33(47)43-12-3-13-43/h6-9,14-15,21,26-27,30,37H,2-5,10-13,16-18,20H2,1H3,(H,38,39,40,41)/t21-,26+,27?,30-/m0/s1. The van der Waals surface area contributed by atoms with Gasteiger partial charge in [0.1, 0.15) is 6.04 Å². The summed E-state index contributed by atoms with van der Waals surface area (Å²) in [5, 5.41) is 28.7. The number of hydrogen-bond donors (Lipinski definition) is 2. The van der Waals surface area contributed by atoms with Crippen molar-refractivity contribution in [3.05, 3.63) is 75.6 Å².